The van der Waals surface area contributed by atoms with Crippen molar-refractivity contribution in [3.05, 3.63) is 34.2 Å². The van der Waals surface area contributed by atoms with E-state index in [4.69, 9.17) is 0 Å². The van der Waals surface area contributed by atoms with Crippen LogP contribution in [0.3, 0.4) is 0 Å². The molecule has 0 saturated carbocycles. The van der Waals surface area contributed by atoms with Crippen molar-refractivity contribution in [2.45, 2.75) is 6.92 Å². The van der Waals surface area contributed by atoms with E-state index in [1.165, 1.54) is 0 Å². The Kier molecular flexibility index (Phi) is 2.19. The van der Waals surface area contributed by atoms with Crippen LogP contribution in [-0.2, 0) is 21.3 Å². The second kappa shape index (κ2) is 3.24. The van der Waals surface area contributed by atoms with Gasteiger partial charge in [-0.15, -0.1) is 0 Å². The van der Waals surface area contributed by atoms with Gasteiger partial charge < -0.3 is 0 Å². The predicted octanol–water partition coefficient (Wildman–Crippen LogP) is 0.720. The summed E-state index contributed by atoms with van der Waals surface area (Å²) >= 11 is 0.782. The molecule has 70 valence electrons. The van der Waals surface area contributed by atoms with Gasteiger partial charge in [-0.25, -0.2) is 0 Å². The van der Waals surface area contributed by atoms with Gasteiger partial charge in [0.15, 0.2) is 0 Å². The summed E-state index contributed by atoms with van der Waals surface area (Å²) in [6.45, 7) is 1.62. The van der Waals surface area contributed by atoms with Gasteiger partial charge in [-0.05, 0) is 0 Å². The Hall–Kier alpha value is -1.10. The fourth-order valence-electron chi connectivity index (χ4n) is 1.31. The van der Waals surface area contributed by atoms with Gasteiger partial charge in [0, 0.05) is 0 Å². The van der Waals surface area contributed by atoms with E-state index < -0.39 is 0 Å². The van der Waals surface area contributed by atoms with E-state index in [-0.39, 0.29) is 11.3 Å². The number of aromatic nitrogens is 2. The first kappa shape index (κ1) is 9.46. The monoisotopic (exact) mass is 356 g/mol. The summed E-state index contributed by atoms with van der Waals surface area (Å²) in [6, 6.07) is 3.50. The van der Waals surface area contributed by atoms with Gasteiger partial charge in [0.2, 0.25) is 0 Å². The Balaban J connectivity index is 3.10. The molecule has 0 saturated heterocycles. The first-order valence-electron chi connectivity index (χ1n) is 4.01. The number of nitrogens with zero attached hydrogens (tertiary/aromatic N) is 2. The molecule has 4 nitrogen and oxygen atoms in total. The van der Waals surface area contributed by atoms with E-state index in [1.54, 1.807) is 28.2 Å². The predicted molar refractivity (Wildman–Crippen MR) is 47.8 cm³/mol. The van der Waals surface area contributed by atoms with Crippen molar-refractivity contribution in [1.82, 2.24) is 7.95 Å². The summed E-state index contributed by atoms with van der Waals surface area (Å²) in [5, 5.41) is 10.4. The summed E-state index contributed by atoms with van der Waals surface area (Å²) in [7, 11) is 0. The summed E-state index contributed by atoms with van der Waals surface area (Å²) in [6.07, 6.45) is 1.61. The second-order valence-corrected chi connectivity index (χ2v) is 4.40. The molecule has 0 fully saturated rings. The summed E-state index contributed by atoms with van der Waals surface area (Å²) < 4.78 is 1.55. The average molecular weight is 356 g/mol. The van der Waals surface area contributed by atoms with Crippen LogP contribution in [-0.4, -0.2) is 13.1 Å². The van der Waals surface area contributed by atoms with E-state index in [0.29, 0.717) is 16.6 Å². The van der Waals surface area contributed by atoms with Crippen LogP contribution in [0, 0.1) is 6.92 Å². The van der Waals surface area contributed by atoms with Gasteiger partial charge in [-0.2, -0.15) is 0 Å². The maximum absolute atomic E-state index is 11.6. The molecule has 0 amide bonds. The number of hydrogen-bond donors (Lipinski definition) is 1. The molecule has 0 atom stereocenters. The fourth-order valence-corrected chi connectivity index (χ4v) is 2.42. The summed E-state index contributed by atoms with van der Waals surface area (Å²) in [4.78, 5) is 15.7. The molecule has 0 aliphatic carbocycles. The third-order valence-corrected chi connectivity index (χ3v) is 3.44. The molecule has 2 rings (SSSR count). The number of aromatic hydroxyl groups is 1. The van der Waals surface area contributed by atoms with E-state index >= 15 is 0 Å². The second-order valence-electron chi connectivity index (χ2n) is 2.97. The third kappa shape index (κ3) is 1.20. The molecule has 0 spiro atoms. The van der Waals surface area contributed by atoms with Crippen LogP contribution in [0.2, 0.25) is 0 Å². The van der Waals surface area contributed by atoms with Crippen LogP contribution in [0.4, 0.5) is 0 Å². The van der Waals surface area contributed by atoms with E-state index in [1.807, 2.05) is 0 Å². The summed E-state index contributed by atoms with van der Waals surface area (Å²) in [5.74, 6) is 0.0420. The first-order valence-corrected chi connectivity index (χ1v) is 5.45. The van der Waals surface area contributed by atoms with E-state index in [2.05, 4.69) is 4.98 Å². The minimum atomic E-state index is -0.165. The number of pyridine rings is 2. The van der Waals surface area contributed by atoms with Crippen LogP contribution < -0.4 is 5.56 Å². The molecular weight excluding hydrogens is 349 g/mol. The molecule has 1 N–H and O–H groups in total. The van der Waals surface area contributed by atoms with Crippen molar-refractivity contribution >= 4 is 11.0 Å². The SMILES string of the molecule is Cc1c(O)c2cccnc2[n]([Ta])c1=O. The first-order chi connectivity index (χ1) is 6.63. The van der Waals surface area contributed by atoms with Crippen LogP contribution in [0.1, 0.15) is 5.56 Å². The minimum absolute atomic E-state index is 0.0420. The number of hydrogen-bond acceptors (Lipinski definition) is 3. The van der Waals surface area contributed by atoms with Gasteiger partial charge >= 0.3 is 92.3 Å². The molecule has 0 aliphatic rings. The van der Waals surface area contributed by atoms with Gasteiger partial charge in [0.1, 0.15) is 0 Å². The Bertz CT molecular complexity index is 562. The Morgan fingerprint density at radius 1 is 1.57 bits per heavy atom. The zero-order chi connectivity index (χ0) is 10.3. The van der Waals surface area contributed by atoms with E-state index in [0.717, 1.165) is 21.3 Å². The molecule has 2 aromatic heterocycles. The molecule has 0 unspecified atom stereocenters. The van der Waals surface area contributed by atoms with Gasteiger partial charge in [-0.3, -0.25) is 0 Å². The van der Waals surface area contributed by atoms with Gasteiger partial charge in [0.25, 0.3) is 0 Å². The molecule has 2 aromatic rings. The molecule has 0 aromatic carbocycles. The van der Waals surface area contributed by atoms with Crippen molar-refractivity contribution in [3.63, 3.8) is 0 Å². The molecule has 0 aliphatic heterocycles. The quantitative estimate of drug-likeness (QED) is 0.757. The van der Waals surface area contributed by atoms with Crippen molar-refractivity contribution in [3.8, 4) is 5.75 Å². The number of rotatable bonds is 0. The molecular formula is C9H7N2O2Ta. The van der Waals surface area contributed by atoms with Crippen molar-refractivity contribution < 1.29 is 26.4 Å². The molecule has 0 bridgehead atoms. The third-order valence-electron chi connectivity index (χ3n) is 2.11. The normalized spacial score (nSPS) is 10.6. The topological polar surface area (TPSA) is 55.1 Å². The Morgan fingerprint density at radius 3 is 3.00 bits per heavy atom. The zero-order valence-corrected chi connectivity index (χ0v) is 10.6. The molecule has 5 heteroatoms. The Morgan fingerprint density at radius 2 is 2.29 bits per heavy atom. The maximum atomic E-state index is 11.6. The van der Waals surface area contributed by atoms with Gasteiger partial charge in [-0.1, -0.05) is 0 Å². The average Bonchev–Trinajstić information content (AvgIpc) is 2.23. The van der Waals surface area contributed by atoms with Crippen LogP contribution in [0.5, 0.6) is 5.75 Å². The van der Waals surface area contributed by atoms with Crippen LogP contribution in [0.15, 0.2) is 23.1 Å². The standard InChI is InChI=1S/C9H8N2O2.Ta/c1-5-7(12)6-3-2-4-10-8(6)11-9(5)13;/h2-4H,1H3,(H2,10,11,12,13);/q;+1/p-1. The molecule has 14 heavy (non-hydrogen) atoms. The van der Waals surface area contributed by atoms with E-state index in [9.17, 15) is 9.90 Å². The Labute approximate surface area is 92.4 Å². The summed E-state index contributed by atoms with van der Waals surface area (Å²) in [5.41, 5.74) is 0.768. The van der Waals surface area contributed by atoms with Crippen LogP contribution >= 0.6 is 0 Å². The molecule has 0 radical (unpaired) electrons. The fraction of sp³-hybridized carbons (Fsp3) is 0.111. The van der Waals surface area contributed by atoms with Crippen molar-refractivity contribution in [2.24, 2.45) is 0 Å². The van der Waals surface area contributed by atoms with Crippen molar-refractivity contribution in [1.29, 1.82) is 0 Å². The zero-order valence-electron chi connectivity index (χ0n) is 7.43. The van der Waals surface area contributed by atoms with Gasteiger partial charge in [0.05, 0.1) is 0 Å². The molecule has 2 heterocycles. The van der Waals surface area contributed by atoms with Crippen LogP contribution in [0.25, 0.3) is 11.0 Å². The number of fused-ring (bicyclic) bond motifs is 1. The van der Waals surface area contributed by atoms with Crippen molar-refractivity contribution in [2.75, 3.05) is 0 Å².